The van der Waals surface area contributed by atoms with Crippen molar-refractivity contribution in [2.45, 2.75) is 6.18 Å². The highest BCUT2D eigenvalue weighted by Crippen LogP contribution is 2.25. The molecule has 0 aliphatic heterocycles. The fourth-order valence-corrected chi connectivity index (χ4v) is 1.91. The number of benzene rings is 2. The molecule has 0 aliphatic rings. The number of aromatic carboxylic acids is 1. The maximum atomic E-state index is 12.1. The molecule has 0 bridgehead atoms. The molecule has 0 unspecified atom stereocenters. The lowest BCUT2D eigenvalue weighted by Crippen LogP contribution is -2.20. The highest BCUT2D eigenvalue weighted by molar-refractivity contribution is 6.12. The van der Waals surface area contributed by atoms with E-state index < -0.39 is 24.7 Å². The van der Waals surface area contributed by atoms with Crippen LogP contribution in [0.15, 0.2) is 36.4 Å². The molecule has 2 aromatic carbocycles. The summed E-state index contributed by atoms with van der Waals surface area (Å²) in [5, 5.41) is 9.60. The van der Waals surface area contributed by atoms with Gasteiger partial charge in [0.1, 0.15) is 0 Å². The quantitative estimate of drug-likeness (QED) is 0.883. The number of carbonyl (C=O) groups is 2. The van der Waals surface area contributed by atoms with E-state index in [0.29, 0.717) is 5.39 Å². The predicted molar refractivity (Wildman–Crippen MR) is 67.2 cm³/mol. The highest BCUT2D eigenvalue weighted by Gasteiger charge is 2.30. The van der Waals surface area contributed by atoms with Gasteiger partial charge in [0.2, 0.25) is 0 Å². The summed E-state index contributed by atoms with van der Waals surface area (Å²) in [5.41, 5.74) is -0.387. The molecule has 0 radical (unpaired) electrons. The summed E-state index contributed by atoms with van der Waals surface area (Å²) in [7, 11) is 0. The maximum Gasteiger partial charge on any atom is 0.422 e. The summed E-state index contributed by atoms with van der Waals surface area (Å²) in [6.07, 6.45) is -4.64. The fourth-order valence-electron chi connectivity index (χ4n) is 1.91. The first-order valence-electron chi connectivity index (χ1n) is 5.78. The number of carboxylic acid groups (broad SMARTS) is 1. The lowest BCUT2D eigenvalue weighted by Gasteiger charge is -2.11. The molecule has 0 saturated heterocycles. The van der Waals surface area contributed by atoms with Crippen LogP contribution in [0.4, 0.5) is 13.2 Å². The third-order valence-electron chi connectivity index (χ3n) is 2.72. The number of carboxylic acids is 1. The Labute approximate surface area is 116 Å². The van der Waals surface area contributed by atoms with Crippen LogP contribution >= 0.6 is 0 Å². The number of fused-ring (bicyclic) bond motifs is 1. The van der Waals surface area contributed by atoms with Gasteiger partial charge in [-0.15, -0.1) is 0 Å². The van der Waals surface area contributed by atoms with Crippen LogP contribution in [0.2, 0.25) is 0 Å². The zero-order valence-electron chi connectivity index (χ0n) is 10.5. The van der Waals surface area contributed by atoms with Gasteiger partial charge >= 0.3 is 18.1 Å². The number of rotatable bonds is 3. The lowest BCUT2D eigenvalue weighted by molar-refractivity contribution is -0.161. The molecule has 110 valence electrons. The van der Waals surface area contributed by atoms with Crippen molar-refractivity contribution in [2.75, 3.05) is 6.61 Å². The van der Waals surface area contributed by atoms with Crippen molar-refractivity contribution in [1.82, 2.24) is 0 Å². The zero-order valence-corrected chi connectivity index (χ0v) is 10.5. The Morgan fingerprint density at radius 2 is 1.62 bits per heavy atom. The minimum atomic E-state index is -4.64. The molecule has 2 rings (SSSR count). The van der Waals surface area contributed by atoms with E-state index in [2.05, 4.69) is 4.74 Å². The number of carbonyl (C=O) groups excluding carboxylic acids is 1. The number of ether oxygens (including phenoxy) is 1. The van der Waals surface area contributed by atoms with Gasteiger partial charge in [-0.25, -0.2) is 9.59 Å². The minimum Gasteiger partial charge on any atom is -0.478 e. The Morgan fingerprint density at radius 1 is 1.05 bits per heavy atom. The number of halogens is 3. The van der Waals surface area contributed by atoms with Crippen LogP contribution in [-0.4, -0.2) is 29.8 Å². The van der Waals surface area contributed by atoms with Gasteiger partial charge in [-0.2, -0.15) is 13.2 Å². The molecule has 4 nitrogen and oxygen atoms in total. The van der Waals surface area contributed by atoms with Gasteiger partial charge in [0, 0.05) is 5.39 Å². The maximum absolute atomic E-state index is 12.1. The third-order valence-corrected chi connectivity index (χ3v) is 2.72. The van der Waals surface area contributed by atoms with E-state index >= 15 is 0 Å². The van der Waals surface area contributed by atoms with Crippen LogP contribution in [0.5, 0.6) is 0 Å². The summed E-state index contributed by atoms with van der Waals surface area (Å²) < 4.78 is 40.4. The van der Waals surface area contributed by atoms with Crippen LogP contribution in [0, 0.1) is 0 Å². The molecule has 0 saturated carbocycles. The molecule has 0 fully saturated rings. The van der Waals surface area contributed by atoms with E-state index in [-0.39, 0.29) is 16.5 Å². The Morgan fingerprint density at radius 3 is 2.14 bits per heavy atom. The Bertz CT molecular complexity index is 702. The molecular weight excluding hydrogens is 289 g/mol. The average molecular weight is 298 g/mol. The molecule has 2 aromatic rings. The van der Waals surface area contributed by atoms with E-state index in [4.69, 9.17) is 5.11 Å². The minimum absolute atomic E-state index is 0.0553. The predicted octanol–water partition coefficient (Wildman–Crippen LogP) is 3.26. The molecule has 21 heavy (non-hydrogen) atoms. The molecular formula is C14H9F3O4. The van der Waals surface area contributed by atoms with E-state index in [1.807, 2.05) is 0 Å². The molecule has 0 atom stereocenters. The Hall–Kier alpha value is -2.57. The Kier molecular flexibility index (Phi) is 3.84. The molecule has 0 aromatic heterocycles. The van der Waals surface area contributed by atoms with Crippen LogP contribution < -0.4 is 0 Å². The first-order chi connectivity index (χ1) is 9.79. The lowest BCUT2D eigenvalue weighted by atomic mass is 9.99. The van der Waals surface area contributed by atoms with Crippen molar-refractivity contribution in [1.29, 1.82) is 0 Å². The average Bonchev–Trinajstić information content (AvgIpc) is 2.42. The van der Waals surface area contributed by atoms with Crippen molar-refractivity contribution in [3.8, 4) is 0 Å². The molecule has 0 amide bonds. The third kappa shape index (κ3) is 3.31. The van der Waals surface area contributed by atoms with Crippen LogP contribution in [0.1, 0.15) is 20.7 Å². The van der Waals surface area contributed by atoms with Gasteiger partial charge in [-0.3, -0.25) is 0 Å². The Balaban J connectivity index is 2.49. The van der Waals surface area contributed by atoms with Crippen molar-refractivity contribution in [2.24, 2.45) is 0 Å². The van der Waals surface area contributed by atoms with Crippen molar-refractivity contribution in [3.05, 3.63) is 47.5 Å². The van der Waals surface area contributed by atoms with Crippen molar-refractivity contribution < 1.29 is 32.6 Å². The van der Waals surface area contributed by atoms with Gasteiger partial charge in [0.25, 0.3) is 0 Å². The number of alkyl halides is 3. The normalized spacial score (nSPS) is 11.4. The number of hydrogen-bond donors (Lipinski definition) is 1. The van der Waals surface area contributed by atoms with Gasteiger partial charge in [0.05, 0.1) is 11.1 Å². The monoisotopic (exact) mass is 298 g/mol. The standard InChI is InChI=1S/C14H9F3O4/c15-14(16,17)7-21-13(20)10-6-2-4-8-3-1-5-9(11(8)10)12(18)19/h1-6H,7H2,(H,18,19). The first-order valence-corrected chi connectivity index (χ1v) is 5.78. The van der Waals surface area contributed by atoms with Crippen molar-refractivity contribution in [3.63, 3.8) is 0 Å². The molecule has 1 N–H and O–H groups in total. The van der Waals surface area contributed by atoms with Crippen LogP contribution in [0.3, 0.4) is 0 Å². The smallest absolute Gasteiger partial charge is 0.422 e. The van der Waals surface area contributed by atoms with Crippen molar-refractivity contribution >= 4 is 22.7 Å². The molecule has 0 aliphatic carbocycles. The SMILES string of the molecule is O=C(O)c1cccc2cccc(C(=O)OCC(F)(F)F)c12. The van der Waals surface area contributed by atoms with Gasteiger partial charge < -0.3 is 9.84 Å². The van der Waals surface area contributed by atoms with E-state index in [9.17, 15) is 22.8 Å². The molecule has 0 spiro atoms. The molecule has 7 heteroatoms. The summed E-state index contributed by atoms with van der Waals surface area (Å²) >= 11 is 0. The fraction of sp³-hybridized carbons (Fsp3) is 0.143. The van der Waals surface area contributed by atoms with E-state index in [1.54, 1.807) is 12.1 Å². The zero-order chi connectivity index (χ0) is 15.6. The van der Waals surface area contributed by atoms with E-state index in [0.717, 1.165) is 0 Å². The molecule has 0 heterocycles. The first kappa shape index (κ1) is 14.8. The number of hydrogen-bond acceptors (Lipinski definition) is 3. The summed E-state index contributed by atoms with van der Waals surface area (Å²) in [6, 6.07) is 8.54. The van der Waals surface area contributed by atoms with Gasteiger partial charge in [0.15, 0.2) is 6.61 Å². The highest BCUT2D eigenvalue weighted by atomic mass is 19.4. The topological polar surface area (TPSA) is 63.6 Å². The summed E-state index contributed by atoms with van der Waals surface area (Å²) in [5.74, 6) is -2.50. The van der Waals surface area contributed by atoms with Crippen LogP contribution in [0.25, 0.3) is 10.8 Å². The van der Waals surface area contributed by atoms with E-state index in [1.165, 1.54) is 24.3 Å². The largest absolute Gasteiger partial charge is 0.478 e. The second kappa shape index (κ2) is 5.43. The van der Waals surface area contributed by atoms with Gasteiger partial charge in [-0.05, 0) is 17.5 Å². The number of esters is 1. The second-order valence-corrected chi connectivity index (χ2v) is 4.21. The second-order valence-electron chi connectivity index (χ2n) is 4.21. The van der Waals surface area contributed by atoms with Gasteiger partial charge in [-0.1, -0.05) is 24.3 Å². The summed E-state index contributed by atoms with van der Waals surface area (Å²) in [6.45, 7) is -1.72. The summed E-state index contributed by atoms with van der Waals surface area (Å²) in [4.78, 5) is 22.9. The van der Waals surface area contributed by atoms with Crippen LogP contribution in [-0.2, 0) is 4.74 Å².